The Kier molecular flexibility index (Phi) is 3.89. The molecule has 1 heterocycles. The maximum absolute atomic E-state index is 13.3. The van der Waals surface area contributed by atoms with Crippen molar-refractivity contribution in [3.63, 3.8) is 0 Å². The van der Waals surface area contributed by atoms with Crippen LogP contribution in [0.4, 0.5) is 8.78 Å². The van der Waals surface area contributed by atoms with E-state index >= 15 is 0 Å². The van der Waals surface area contributed by atoms with Crippen LogP contribution in [0.2, 0.25) is 0 Å². The van der Waals surface area contributed by atoms with Crippen LogP contribution in [0.3, 0.4) is 0 Å². The van der Waals surface area contributed by atoms with Gasteiger partial charge < -0.3 is 5.32 Å². The van der Waals surface area contributed by atoms with Gasteiger partial charge in [0.25, 0.3) is 0 Å². The lowest BCUT2D eigenvalue weighted by molar-refractivity contribution is -0.120. The van der Waals surface area contributed by atoms with Gasteiger partial charge in [0, 0.05) is 31.4 Å². The number of amides is 1. The average Bonchev–Trinajstić information content (AvgIpc) is 2.76. The molecule has 0 saturated heterocycles. The number of rotatable bonds is 4. The third-order valence-electron chi connectivity index (χ3n) is 2.61. The zero-order chi connectivity index (χ0) is 13.8. The summed E-state index contributed by atoms with van der Waals surface area (Å²) < 4.78 is 27.7. The summed E-state index contributed by atoms with van der Waals surface area (Å²) in [4.78, 5) is 11.6. The number of carbonyl (C=O) groups is 1. The molecule has 2 rings (SSSR count). The zero-order valence-corrected chi connectivity index (χ0v) is 10.4. The van der Waals surface area contributed by atoms with Crippen LogP contribution in [0, 0.1) is 11.6 Å². The molecule has 0 aliphatic rings. The summed E-state index contributed by atoms with van der Waals surface area (Å²) in [5, 5.41) is 6.62. The Morgan fingerprint density at radius 2 is 2.21 bits per heavy atom. The number of benzene rings is 1. The monoisotopic (exact) mass is 265 g/mol. The van der Waals surface area contributed by atoms with Crippen LogP contribution < -0.4 is 5.32 Å². The van der Waals surface area contributed by atoms with Crippen molar-refractivity contribution in [3.8, 4) is 0 Å². The van der Waals surface area contributed by atoms with E-state index in [0.717, 1.165) is 17.7 Å². The fourth-order valence-corrected chi connectivity index (χ4v) is 1.66. The first-order valence-electron chi connectivity index (χ1n) is 5.73. The van der Waals surface area contributed by atoms with Gasteiger partial charge >= 0.3 is 0 Å². The molecule has 0 atom stereocenters. The number of carbonyl (C=O) groups excluding carboxylic acids is 1. The molecule has 1 aromatic carbocycles. The highest BCUT2D eigenvalue weighted by Gasteiger charge is 2.09. The van der Waals surface area contributed by atoms with E-state index in [1.165, 1.54) is 6.07 Å². The summed E-state index contributed by atoms with van der Waals surface area (Å²) in [6, 6.07) is 3.17. The van der Waals surface area contributed by atoms with Crippen molar-refractivity contribution in [1.82, 2.24) is 15.1 Å². The molecular weight excluding hydrogens is 252 g/mol. The van der Waals surface area contributed by atoms with Crippen molar-refractivity contribution < 1.29 is 13.6 Å². The summed E-state index contributed by atoms with van der Waals surface area (Å²) in [6.45, 7) is 0.329. The molecule has 1 amide bonds. The van der Waals surface area contributed by atoms with Crippen molar-refractivity contribution in [1.29, 1.82) is 0 Å². The maximum atomic E-state index is 13.3. The largest absolute Gasteiger partial charge is 0.352 e. The predicted molar refractivity (Wildman–Crippen MR) is 65.1 cm³/mol. The molecule has 0 fully saturated rings. The van der Waals surface area contributed by atoms with Gasteiger partial charge in [-0.3, -0.25) is 9.48 Å². The molecule has 19 heavy (non-hydrogen) atoms. The topological polar surface area (TPSA) is 46.9 Å². The molecule has 2 aromatic rings. The Morgan fingerprint density at radius 3 is 2.84 bits per heavy atom. The van der Waals surface area contributed by atoms with Gasteiger partial charge in [-0.2, -0.15) is 5.10 Å². The summed E-state index contributed by atoms with van der Waals surface area (Å²) in [6.07, 6.45) is 3.30. The number of aryl methyl sites for hydroxylation is 1. The highest BCUT2D eigenvalue weighted by atomic mass is 19.1. The van der Waals surface area contributed by atoms with Crippen LogP contribution in [0.25, 0.3) is 0 Å². The Hall–Kier alpha value is -2.24. The van der Waals surface area contributed by atoms with Gasteiger partial charge in [0.1, 0.15) is 11.6 Å². The van der Waals surface area contributed by atoms with Crippen molar-refractivity contribution in [3.05, 3.63) is 53.4 Å². The van der Waals surface area contributed by atoms with Crippen LogP contribution >= 0.6 is 0 Å². The van der Waals surface area contributed by atoms with Gasteiger partial charge in [0.2, 0.25) is 5.91 Å². The molecular formula is C13H13F2N3O. The van der Waals surface area contributed by atoms with E-state index in [2.05, 4.69) is 10.4 Å². The van der Waals surface area contributed by atoms with Gasteiger partial charge in [0.15, 0.2) is 0 Å². The van der Waals surface area contributed by atoms with Crippen LogP contribution in [-0.2, 0) is 24.8 Å². The minimum Gasteiger partial charge on any atom is -0.352 e. The summed E-state index contributed by atoms with van der Waals surface area (Å²) in [7, 11) is 1.78. The Morgan fingerprint density at radius 1 is 1.42 bits per heavy atom. The number of hydrogen-bond donors (Lipinski definition) is 1. The molecule has 0 saturated carbocycles. The normalized spacial score (nSPS) is 10.5. The minimum atomic E-state index is -0.712. The lowest BCUT2D eigenvalue weighted by Gasteiger charge is -2.05. The van der Waals surface area contributed by atoms with Crippen LogP contribution in [0.1, 0.15) is 11.1 Å². The van der Waals surface area contributed by atoms with Crippen molar-refractivity contribution in [2.45, 2.75) is 13.0 Å². The molecule has 0 bridgehead atoms. The van der Waals surface area contributed by atoms with E-state index in [-0.39, 0.29) is 17.9 Å². The Balaban J connectivity index is 1.90. The Labute approximate surface area is 109 Å². The summed E-state index contributed by atoms with van der Waals surface area (Å²) in [5.74, 6) is -1.69. The lowest BCUT2D eigenvalue weighted by Crippen LogP contribution is -2.24. The first kappa shape index (κ1) is 13.2. The standard InChI is InChI=1S/C13H13F2N3O/c1-18-8-9(7-17-18)6-16-13(19)4-10-2-3-11(14)5-12(10)15/h2-3,5,7-8H,4,6H2,1H3,(H,16,19). The van der Waals surface area contributed by atoms with Crippen molar-refractivity contribution in [2.75, 3.05) is 0 Å². The second-order valence-corrected chi connectivity index (χ2v) is 4.21. The third-order valence-corrected chi connectivity index (χ3v) is 2.61. The van der Waals surface area contributed by atoms with Crippen LogP contribution in [0.15, 0.2) is 30.6 Å². The van der Waals surface area contributed by atoms with Gasteiger partial charge in [-0.05, 0) is 11.6 Å². The van der Waals surface area contributed by atoms with Gasteiger partial charge in [-0.25, -0.2) is 8.78 Å². The zero-order valence-electron chi connectivity index (χ0n) is 10.4. The van der Waals surface area contributed by atoms with E-state index in [4.69, 9.17) is 0 Å². The lowest BCUT2D eigenvalue weighted by atomic mass is 10.1. The summed E-state index contributed by atoms with van der Waals surface area (Å²) >= 11 is 0. The highest BCUT2D eigenvalue weighted by Crippen LogP contribution is 2.10. The predicted octanol–water partition coefficient (Wildman–Crippen LogP) is 1.56. The number of aromatic nitrogens is 2. The van der Waals surface area contributed by atoms with Gasteiger partial charge in [-0.15, -0.1) is 0 Å². The molecule has 0 aliphatic carbocycles. The number of nitrogens with one attached hydrogen (secondary N) is 1. The SMILES string of the molecule is Cn1cc(CNC(=O)Cc2ccc(F)cc2F)cn1. The molecule has 0 unspecified atom stereocenters. The highest BCUT2D eigenvalue weighted by molar-refractivity contribution is 5.78. The van der Waals surface area contributed by atoms with E-state index in [0.29, 0.717) is 6.54 Å². The second kappa shape index (κ2) is 5.60. The number of nitrogens with zero attached hydrogens (tertiary/aromatic N) is 2. The van der Waals surface area contributed by atoms with Crippen LogP contribution in [0.5, 0.6) is 0 Å². The fraction of sp³-hybridized carbons (Fsp3) is 0.231. The van der Waals surface area contributed by atoms with E-state index in [1.807, 2.05) is 0 Å². The van der Waals surface area contributed by atoms with E-state index in [9.17, 15) is 13.6 Å². The van der Waals surface area contributed by atoms with E-state index in [1.54, 1.807) is 24.1 Å². The second-order valence-electron chi connectivity index (χ2n) is 4.21. The molecule has 4 nitrogen and oxygen atoms in total. The molecule has 0 radical (unpaired) electrons. The molecule has 100 valence electrons. The van der Waals surface area contributed by atoms with Gasteiger partial charge in [0.05, 0.1) is 12.6 Å². The third kappa shape index (κ3) is 3.61. The van der Waals surface area contributed by atoms with Gasteiger partial charge in [-0.1, -0.05) is 6.07 Å². The fourth-order valence-electron chi connectivity index (χ4n) is 1.66. The number of hydrogen-bond acceptors (Lipinski definition) is 2. The minimum absolute atomic E-state index is 0.119. The first-order valence-corrected chi connectivity index (χ1v) is 5.73. The molecule has 6 heteroatoms. The molecule has 1 aromatic heterocycles. The number of halogens is 2. The molecule has 1 N–H and O–H groups in total. The quantitative estimate of drug-likeness (QED) is 0.912. The smallest absolute Gasteiger partial charge is 0.224 e. The summed E-state index contributed by atoms with van der Waals surface area (Å²) in [5.41, 5.74) is 1.03. The molecule has 0 spiro atoms. The van der Waals surface area contributed by atoms with Crippen molar-refractivity contribution in [2.24, 2.45) is 7.05 Å². The Bertz CT molecular complexity index is 595. The van der Waals surface area contributed by atoms with E-state index < -0.39 is 11.6 Å². The maximum Gasteiger partial charge on any atom is 0.224 e. The first-order chi connectivity index (χ1) is 9.04. The van der Waals surface area contributed by atoms with Crippen molar-refractivity contribution >= 4 is 5.91 Å². The molecule has 0 aliphatic heterocycles. The average molecular weight is 265 g/mol. The van der Waals surface area contributed by atoms with Crippen LogP contribution in [-0.4, -0.2) is 15.7 Å².